The average Bonchev–Trinajstić information content (AvgIpc) is 2.77. The molecule has 2 saturated heterocycles. The first-order valence-electron chi connectivity index (χ1n) is 10.6. The molecule has 0 bridgehead atoms. The highest BCUT2D eigenvalue weighted by Gasteiger charge is 2.31. The van der Waals surface area contributed by atoms with E-state index in [-0.39, 0.29) is 17.7 Å². The van der Waals surface area contributed by atoms with Crippen LogP contribution >= 0.6 is 0 Å². The maximum Gasteiger partial charge on any atom is 0.225 e. The number of rotatable bonds is 6. The lowest BCUT2D eigenvalue weighted by Gasteiger charge is -2.39. The molecule has 0 aliphatic carbocycles. The van der Waals surface area contributed by atoms with E-state index in [1.165, 1.54) is 5.69 Å². The Hall–Kier alpha value is -2.24. The molecule has 2 fully saturated rings. The third kappa shape index (κ3) is 4.97. The number of ether oxygens (including phenoxy) is 1. The van der Waals surface area contributed by atoms with E-state index in [9.17, 15) is 9.59 Å². The Labute approximate surface area is 168 Å². The van der Waals surface area contributed by atoms with Gasteiger partial charge >= 0.3 is 0 Å². The highest BCUT2D eigenvalue weighted by atomic mass is 16.5. The minimum Gasteiger partial charge on any atom is -0.497 e. The van der Waals surface area contributed by atoms with Gasteiger partial charge in [0.25, 0.3) is 0 Å². The summed E-state index contributed by atoms with van der Waals surface area (Å²) in [7, 11) is 1.67. The number of methoxy groups -OCH3 is 1. The molecule has 0 aromatic heterocycles. The van der Waals surface area contributed by atoms with Crippen molar-refractivity contribution >= 4 is 17.5 Å². The van der Waals surface area contributed by atoms with Gasteiger partial charge in [-0.25, -0.2) is 0 Å². The van der Waals surface area contributed by atoms with Gasteiger partial charge in [-0.2, -0.15) is 0 Å². The van der Waals surface area contributed by atoms with Gasteiger partial charge in [0, 0.05) is 57.3 Å². The van der Waals surface area contributed by atoms with Crippen molar-refractivity contribution in [1.29, 1.82) is 0 Å². The lowest BCUT2D eigenvalue weighted by molar-refractivity contribution is -0.141. The molecule has 2 amide bonds. The molecule has 0 atom stereocenters. The van der Waals surface area contributed by atoms with Gasteiger partial charge in [-0.15, -0.1) is 0 Å². The molecule has 0 N–H and O–H groups in total. The zero-order valence-electron chi connectivity index (χ0n) is 17.2. The fraction of sp³-hybridized carbons (Fsp3) is 0.636. The lowest BCUT2D eigenvalue weighted by Crippen LogP contribution is -2.52. The minimum absolute atomic E-state index is 0.0720. The predicted molar refractivity (Wildman–Crippen MR) is 111 cm³/mol. The molecule has 0 unspecified atom stereocenters. The number of piperidine rings is 1. The van der Waals surface area contributed by atoms with Gasteiger partial charge in [0.2, 0.25) is 11.8 Å². The number of carbonyl (C=O) groups excluding carboxylic acids is 2. The SMILES string of the molecule is CCCCC(=O)N1CCC(C(=O)N2CCN(c3ccc(OC)cc3)CC2)CC1. The van der Waals surface area contributed by atoms with E-state index < -0.39 is 0 Å². The highest BCUT2D eigenvalue weighted by Crippen LogP contribution is 2.24. The van der Waals surface area contributed by atoms with Gasteiger partial charge in [-0.3, -0.25) is 9.59 Å². The number of amides is 2. The molecule has 28 heavy (non-hydrogen) atoms. The first-order chi connectivity index (χ1) is 13.6. The standard InChI is InChI=1S/C22H33N3O3/c1-3-4-5-21(26)24-12-10-18(11-13-24)22(27)25-16-14-23(15-17-25)19-6-8-20(28-2)9-7-19/h6-9,18H,3-5,10-17H2,1-2H3. The van der Waals surface area contributed by atoms with Crippen LogP contribution in [0.1, 0.15) is 39.0 Å². The molecule has 2 aliphatic rings. The molecule has 0 spiro atoms. The van der Waals surface area contributed by atoms with Gasteiger partial charge in [0.05, 0.1) is 7.11 Å². The van der Waals surface area contributed by atoms with Gasteiger partial charge < -0.3 is 19.4 Å². The number of hydrogen-bond donors (Lipinski definition) is 0. The molecule has 1 aromatic carbocycles. The Kier molecular flexibility index (Phi) is 7.18. The average molecular weight is 388 g/mol. The Morgan fingerprint density at radius 3 is 2.18 bits per heavy atom. The van der Waals surface area contributed by atoms with Crippen molar-refractivity contribution in [3.8, 4) is 5.75 Å². The quantitative estimate of drug-likeness (QED) is 0.753. The van der Waals surface area contributed by atoms with E-state index in [4.69, 9.17) is 4.74 Å². The molecule has 154 valence electrons. The zero-order valence-corrected chi connectivity index (χ0v) is 17.2. The monoisotopic (exact) mass is 387 g/mol. The second-order valence-corrected chi connectivity index (χ2v) is 7.77. The van der Waals surface area contributed by atoms with E-state index in [0.717, 1.165) is 70.7 Å². The number of nitrogens with zero attached hydrogens (tertiary/aromatic N) is 3. The second kappa shape index (κ2) is 9.80. The van der Waals surface area contributed by atoms with E-state index in [1.54, 1.807) is 7.11 Å². The summed E-state index contributed by atoms with van der Waals surface area (Å²) >= 11 is 0. The Morgan fingerprint density at radius 2 is 1.61 bits per heavy atom. The summed E-state index contributed by atoms with van der Waals surface area (Å²) in [6.07, 6.45) is 4.24. The highest BCUT2D eigenvalue weighted by molar-refractivity contribution is 5.80. The van der Waals surface area contributed by atoms with Gasteiger partial charge in [0.1, 0.15) is 5.75 Å². The van der Waals surface area contributed by atoms with Gasteiger partial charge in [0.15, 0.2) is 0 Å². The third-order valence-corrected chi connectivity index (χ3v) is 5.97. The smallest absolute Gasteiger partial charge is 0.225 e. The summed E-state index contributed by atoms with van der Waals surface area (Å²) in [5.74, 6) is 1.45. The Bertz CT molecular complexity index is 645. The lowest BCUT2D eigenvalue weighted by atomic mass is 9.94. The number of likely N-dealkylation sites (tertiary alicyclic amines) is 1. The number of piperazine rings is 1. The van der Waals surface area contributed by atoms with E-state index in [1.807, 2.05) is 21.9 Å². The molecule has 2 heterocycles. The summed E-state index contributed by atoms with van der Waals surface area (Å²) in [4.78, 5) is 31.4. The van der Waals surface area contributed by atoms with Crippen LogP contribution < -0.4 is 9.64 Å². The molecule has 0 saturated carbocycles. The van der Waals surface area contributed by atoms with Crippen molar-refractivity contribution in [3.63, 3.8) is 0 Å². The van der Waals surface area contributed by atoms with Gasteiger partial charge in [-0.05, 0) is 43.5 Å². The van der Waals surface area contributed by atoms with Crippen LogP contribution in [0.15, 0.2) is 24.3 Å². The van der Waals surface area contributed by atoms with Crippen molar-refractivity contribution in [2.45, 2.75) is 39.0 Å². The molecule has 1 aromatic rings. The summed E-state index contributed by atoms with van der Waals surface area (Å²) in [5.41, 5.74) is 1.17. The minimum atomic E-state index is 0.0720. The van der Waals surface area contributed by atoms with Crippen molar-refractivity contribution < 1.29 is 14.3 Å². The number of carbonyl (C=O) groups is 2. The van der Waals surface area contributed by atoms with Crippen LogP contribution in [0.25, 0.3) is 0 Å². The van der Waals surface area contributed by atoms with E-state index in [2.05, 4.69) is 24.0 Å². The van der Waals surface area contributed by atoms with Crippen LogP contribution in [0.5, 0.6) is 5.75 Å². The normalized spacial score (nSPS) is 18.3. The summed E-state index contributed by atoms with van der Waals surface area (Å²) in [6.45, 7) is 6.79. The molecule has 3 rings (SSSR count). The topological polar surface area (TPSA) is 53.1 Å². The number of unbranched alkanes of at least 4 members (excludes halogenated alkanes) is 1. The maximum atomic E-state index is 12.9. The molecule has 0 radical (unpaired) electrons. The molecule has 6 heteroatoms. The van der Waals surface area contributed by atoms with Crippen LogP contribution in [-0.4, -0.2) is 68.0 Å². The molecular formula is C22H33N3O3. The Morgan fingerprint density at radius 1 is 0.964 bits per heavy atom. The zero-order chi connectivity index (χ0) is 19.9. The van der Waals surface area contributed by atoms with Crippen LogP contribution in [-0.2, 0) is 9.59 Å². The van der Waals surface area contributed by atoms with Crippen LogP contribution in [0, 0.1) is 5.92 Å². The van der Waals surface area contributed by atoms with Crippen LogP contribution in [0.4, 0.5) is 5.69 Å². The summed E-state index contributed by atoms with van der Waals surface area (Å²) in [5, 5.41) is 0. The molecule has 2 aliphatic heterocycles. The van der Waals surface area contributed by atoms with Crippen LogP contribution in [0.3, 0.4) is 0 Å². The largest absolute Gasteiger partial charge is 0.497 e. The van der Waals surface area contributed by atoms with Crippen molar-refractivity contribution in [2.24, 2.45) is 5.92 Å². The van der Waals surface area contributed by atoms with Gasteiger partial charge in [-0.1, -0.05) is 13.3 Å². The number of anilines is 1. The Balaban J connectivity index is 1.44. The van der Waals surface area contributed by atoms with Crippen molar-refractivity contribution in [3.05, 3.63) is 24.3 Å². The van der Waals surface area contributed by atoms with E-state index >= 15 is 0 Å². The molecule has 6 nitrogen and oxygen atoms in total. The van der Waals surface area contributed by atoms with Crippen LogP contribution in [0.2, 0.25) is 0 Å². The fourth-order valence-electron chi connectivity index (χ4n) is 4.10. The molecular weight excluding hydrogens is 354 g/mol. The number of hydrogen-bond acceptors (Lipinski definition) is 4. The first kappa shape index (κ1) is 20.5. The second-order valence-electron chi connectivity index (χ2n) is 7.77. The summed E-state index contributed by atoms with van der Waals surface area (Å²) < 4.78 is 5.22. The first-order valence-corrected chi connectivity index (χ1v) is 10.6. The third-order valence-electron chi connectivity index (χ3n) is 5.97. The maximum absolute atomic E-state index is 12.9. The van der Waals surface area contributed by atoms with Crippen molar-refractivity contribution in [1.82, 2.24) is 9.80 Å². The van der Waals surface area contributed by atoms with E-state index in [0.29, 0.717) is 6.42 Å². The van der Waals surface area contributed by atoms with Crippen molar-refractivity contribution in [2.75, 3.05) is 51.3 Å². The summed E-state index contributed by atoms with van der Waals surface area (Å²) in [6, 6.07) is 8.09. The fourth-order valence-corrected chi connectivity index (χ4v) is 4.10. The number of benzene rings is 1. The predicted octanol–water partition coefficient (Wildman–Crippen LogP) is 2.77.